The molecule has 0 saturated carbocycles. The highest BCUT2D eigenvalue weighted by atomic mass is 16.5. The summed E-state index contributed by atoms with van der Waals surface area (Å²) in [7, 11) is 3.07. The van der Waals surface area contributed by atoms with E-state index in [0.29, 0.717) is 22.6 Å². The van der Waals surface area contributed by atoms with Crippen molar-refractivity contribution in [2.24, 2.45) is 0 Å². The summed E-state index contributed by atoms with van der Waals surface area (Å²) in [5.41, 5.74) is 1.12. The van der Waals surface area contributed by atoms with E-state index in [1.807, 2.05) is 13.8 Å². The van der Waals surface area contributed by atoms with Gasteiger partial charge in [0, 0.05) is 19.2 Å². The van der Waals surface area contributed by atoms with Crippen LogP contribution in [0.15, 0.2) is 54.1 Å². The average Bonchev–Trinajstić information content (AvgIpc) is 3.02. The molecular weight excluding hydrogens is 398 g/mol. The van der Waals surface area contributed by atoms with Gasteiger partial charge in [-0.2, -0.15) is 0 Å². The van der Waals surface area contributed by atoms with Gasteiger partial charge in [-0.15, -0.1) is 0 Å². The topological polar surface area (TPSA) is 85.3 Å². The van der Waals surface area contributed by atoms with Crippen molar-refractivity contribution in [3.05, 3.63) is 65.2 Å². The summed E-state index contributed by atoms with van der Waals surface area (Å²) in [6.45, 7) is 4.31. The monoisotopic (exact) mass is 425 g/mol. The van der Waals surface area contributed by atoms with E-state index in [1.165, 1.54) is 12.0 Å². The number of aliphatic hydroxyl groups excluding tert-OH is 1. The first kappa shape index (κ1) is 22.4. The van der Waals surface area contributed by atoms with Gasteiger partial charge in [0.1, 0.15) is 17.3 Å². The molecule has 1 aliphatic rings. The lowest BCUT2D eigenvalue weighted by atomic mass is 9.95. The Bertz CT molecular complexity index is 980. The number of benzene rings is 2. The molecule has 0 bridgehead atoms. The molecule has 1 fully saturated rings. The number of nitrogens with zero attached hydrogens (tertiary/aromatic N) is 1. The Morgan fingerprint density at radius 3 is 2.39 bits per heavy atom. The average molecular weight is 425 g/mol. The molecule has 1 unspecified atom stereocenters. The highest BCUT2D eigenvalue weighted by Crippen LogP contribution is 2.40. The van der Waals surface area contributed by atoms with Gasteiger partial charge in [0.2, 0.25) is 0 Å². The molecule has 2 aromatic rings. The maximum absolute atomic E-state index is 12.9. The van der Waals surface area contributed by atoms with Gasteiger partial charge in [0.05, 0.1) is 31.4 Å². The van der Waals surface area contributed by atoms with E-state index < -0.39 is 17.7 Å². The number of amides is 1. The van der Waals surface area contributed by atoms with Crippen molar-refractivity contribution in [2.45, 2.75) is 26.0 Å². The summed E-state index contributed by atoms with van der Waals surface area (Å²) in [5, 5.41) is 11.1. The number of rotatable bonds is 8. The Balaban J connectivity index is 2.09. The number of carbonyl (C=O) groups is 2. The van der Waals surface area contributed by atoms with Gasteiger partial charge in [-0.1, -0.05) is 12.1 Å². The van der Waals surface area contributed by atoms with E-state index >= 15 is 0 Å². The summed E-state index contributed by atoms with van der Waals surface area (Å²) in [6.07, 6.45) is 0.0126. The van der Waals surface area contributed by atoms with Crippen LogP contribution in [0.3, 0.4) is 0 Å². The Kier molecular flexibility index (Phi) is 6.97. The van der Waals surface area contributed by atoms with Gasteiger partial charge in [0.15, 0.2) is 0 Å². The third-order valence-corrected chi connectivity index (χ3v) is 4.99. The van der Waals surface area contributed by atoms with Gasteiger partial charge in [0.25, 0.3) is 11.7 Å². The van der Waals surface area contributed by atoms with Gasteiger partial charge in [-0.25, -0.2) is 0 Å². The molecule has 31 heavy (non-hydrogen) atoms. The number of ether oxygens (including phenoxy) is 3. The smallest absolute Gasteiger partial charge is 0.295 e. The fourth-order valence-corrected chi connectivity index (χ4v) is 3.58. The minimum atomic E-state index is -0.753. The molecule has 1 aliphatic heterocycles. The van der Waals surface area contributed by atoms with E-state index in [1.54, 1.807) is 55.6 Å². The molecular formula is C24H27NO6. The number of Topliss-reactive ketones (excluding diaryl/α,β-unsaturated/α-hetero) is 1. The lowest BCUT2D eigenvalue weighted by molar-refractivity contribution is -0.140. The first-order valence-electron chi connectivity index (χ1n) is 10.1. The second-order valence-electron chi connectivity index (χ2n) is 7.45. The van der Waals surface area contributed by atoms with Crippen LogP contribution < -0.4 is 9.47 Å². The molecule has 1 saturated heterocycles. The Morgan fingerprint density at radius 1 is 1.06 bits per heavy atom. The number of ketones is 1. The van der Waals surface area contributed by atoms with Crippen LogP contribution >= 0.6 is 0 Å². The maximum atomic E-state index is 12.9. The first-order chi connectivity index (χ1) is 14.9. The minimum Gasteiger partial charge on any atom is -0.507 e. The highest BCUT2D eigenvalue weighted by molar-refractivity contribution is 6.46. The summed E-state index contributed by atoms with van der Waals surface area (Å²) in [6, 6.07) is 13.1. The standard InChI is InChI=1S/C24H27NO6/c1-15(2)31-18-10-8-16(9-11-18)22(26)20-21(17-6-5-7-19(14-17)30-4)25(12-13-29-3)24(28)23(20)27/h5-11,14-15,21,26H,12-13H2,1-4H3/b22-20-. The van der Waals surface area contributed by atoms with Crippen molar-refractivity contribution in [1.82, 2.24) is 4.90 Å². The van der Waals surface area contributed by atoms with Crippen molar-refractivity contribution in [1.29, 1.82) is 0 Å². The minimum absolute atomic E-state index is 0.0126. The molecule has 1 amide bonds. The highest BCUT2D eigenvalue weighted by Gasteiger charge is 2.45. The summed E-state index contributed by atoms with van der Waals surface area (Å²) >= 11 is 0. The predicted molar refractivity (Wildman–Crippen MR) is 116 cm³/mol. The van der Waals surface area contributed by atoms with Crippen molar-refractivity contribution >= 4 is 17.4 Å². The third-order valence-electron chi connectivity index (χ3n) is 4.99. The van der Waals surface area contributed by atoms with Crippen LogP contribution in [0.2, 0.25) is 0 Å². The van der Waals surface area contributed by atoms with Crippen LogP contribution in [-0.4, -0.2) is 55.2 Å². The number of hydrogen-bond donors (Lipinski definition) is 1. The maximum Gasteiger partial charge on any atom is 0.295 e. The van der Waals surface area contributed by atoms with Crippen molar-refractivity contribution in [3.63, 3.8) is 0 Å². The van der Waals surface area contributed by atoms with Crippen LogP contribution in [-0.2, 0) is 14.3 Å². The van der Waals surface area contributed by atoms with E-state index in [-0.39, 0.29) is 30.6 Å². The molecule has 7 nitrogen and oxygen atoms in total. The van der Waals surface area contributed by atoms with Crippen molar-refractivity contribution < 1.29 is 28.9 Å². The predicted octanol–water partition coefficient (Wildman–Crippen LogP) is 3.55. The van der Waals surface area contributed by atoms with Crippen molar-refractivity contribution in [3.8, 4) is 11.5 Å². The van der Waals surface area contributed by atoms with E-state index in [2.05, 4.69) is 0 Å². The lowest BCUT2D eigenvalue weighted by Crippen LogP contribution is -2.32. The van der Waals surface area contributed by atoms with Crippen LogP contribution in [0.4, 0.5) is 0 Å². The fourth-order valence-electron chi connectivity index (χ4n) is 3.58. The second kappa shape index (κ2) is 9.66. The summed E-state index contributed by atoms with van der Waals surface area (Å²) in [4.78, 5) is 27.2. The largest absolute Gasteiger partial charge is 0.507 e. The number of hydrogen-bond acceptors (Lipinski definition) is 6. The zero-order valence-corrected chi connectivity index (χ0v) is 18.1. The second-order valence-corrected chi connectivity index (χ2v) is 7.45. The Labute approximate surface area is 181 Å². The summed E-state index contributed by atoms with van der Waals surface area (Å²) in [5.74, 6) is -0.404. The molecule has 1 heterocycles. The molecule has 1 atom stereocenters. The quantitative estimate of drug-likeness (QED) is 0.396. The SMILES string of the molecule is COCCN1C(=O)C(=O)/C(=C(\O)c2ccc(OC(C)C)cc2)C1c1cccc(OC)c1. The third kappa shape index (κ3) is 4.72. The summed E-state index contributed by atoms with van der Waals surface area (Å²) < 4.78 is 16.1. The van der Waals surface area contributed by atoms with Gasteiger partial charge >= 0.3 is 0 Å². The van der Waals surface area contributed by atoms with Gasteiger partial charge in [-0.05, 0) is 55.8 Å². The van der Waals surface area contributed by atoms with Crippen molar-refractivity contribution in [2.75, 3.05) is 27.4 Å². The van der Waals surface area contributed by atoms with E-state index in [4.69, 9.17) is 14.2 Å². The molecule has 7 heteroatoms. The number of methoxy groups -OCH3 is 2. The Morgan fingerprint density at radius 2 is 1.77 bits per heavy atom. The number of carbonyl (C=O) groups excluding carboxylic acids is 2. The Hall–Kier alpha value is -3.32. The van der Waals surface area contributed by atoms with E-state index in [0.717, 1.165) is 0 Å². The van der Waals surface area contributed by atoms with Gasteiger partial charge in [-0.3, -0.25) is 9.59 Å². The number of aliphatic hydroxyl groups is 1. The van der Waals surface area contributed by atoms with Gasteiger partial charge < -0.3 is 24.2 Å². The number of likely N-dealkylation sites (tertiary alicyclic amines) is 1. The normalized spacial score (nSPS) is 18.0. The van der Waals surface area contributed by atoms with E-state index in [9.17, 15) is 14.7 Å². The van der Waals surface area contributed by atoms with Crippen LogP contribution in [0.5, 0.6) is 11.5 Å². The molecule has 0 aliphatic carbocycles. The molecule has 2 aromatic carbocycles. The molecule has 0 spiro atoms. The first-order valence-corrected chi connectivity index (χ1v) is 10.1. The molecule has 3 rings (SSSR count). The molecule has 164 valence electrons. The molecule has 0 radical (unpaired) electrons. The lowest BCUT2D eigenvalue weighted by Gasteiger charge is -2.25. The fraction of sp³-hybridized carbons (Fsp3) is 0.333. The zero-order valence-electron chi connectivity index (χ0n) is 18.1. The van der Waals surface area contributed by atoms with Crippen LogP contribution in [0.1, 0.15) is 31.0 Å². The van der Waals surface area contributed by atoms with Crippen LogP contribution in [0, 0.1) is 0 Å². The zero-order chi connectivity index (χ0) is 22.5. The molecule has 0 aromatic heterocycles. The molecule has 1 N–H and O–H groups in total. The van der Waals surface area contributed by atoms with Crippen LogP contribution in [0.25, 0.3) is 5.76 Å².